The molecule has 1 heterocycles. The lowest BCUT2D eigenvalue weighted by Crippen LogP contribution is -2.01. The van der Waals surface area contributed by atoms with Crippen molar-refractivity contribution in [3.05, 3.63) is 46.2 Å². The van der Waals surface area contributed by atoms with Gasteiger partial charge in [-0.05, 0) is 25.0 Å². The SMILES string of the molecule is OCc1c(C2CC2)nn(-c2ccc(F)cc2F)c1Cl. The molecule has 0 aliphatic heterocycles. The number of aliphatic hydroxyl groups is 1. The number of aromatic nitrogens is 2. The molecule has 1 N–H and O–H groups in total. The maximum atomic E-state index is 13.8. The van der Waals surface area contributed by atoms with Crippen molar-refractivity contribution in [2.45, 2.75) is 25.4 Å². The van der Waals surface area contributed by atoms with E-state index in [9.17, 15) is 13.9 Å². The number of benzene rings is 1. The largest absolute Gasteiger partial charge is 0.391 e. The molecule has 0 spiro atoms. The van der Waals surface area contributed by atoms with Crippen LogP contribution in [0.5, 0.6) is 0 Å². The Morgan fingerprint density at radius 3 is 2.68 bits per heavy atom. The summed E-state index contributed by atoms with van der Waals surface area (Å²) in [7, 11) is 0. The van der Waals surface area contributed by atoms with Gasteiger partial charge in [0.25, 0.3) is 0 Å². The first-order valence-electron chi connectivity index (χ1n) is 5.95. The molecule has 3 nitrogen and oxygen atoms in total. The Labute approximate surface area is 113 Å². The summed E-state index contributed by atoms with van der Waals surface area (Å²) < 4.78 is 27.9. The van der Waals surface area contributed by atoms with Crippen LogP contribution in [0.4, 0.5) is 8.78 Å². The summed E-state index contributed by atoms with van der Waals surface area (Å²) in [4.78, 5) is 0. The molecule has 0 radical (unpaired) electrons. The number of halogens is 3. The van der Waals surface area contributed by atoms with Crippen molar-refractivity contribution in [3.8, 4) is 5.69 Å². The van der Waals surface area contributed by atoms with Crippen LogP contribution in [0, 0.1) is 11.6 Å². The van der Waals surface area contributed by atoms with Crippen LogP contribution in [-0.4, -0.2) is 14.9 Å². The van der Waals surface area contributed by atoms with Crippen molar-refractivity contribution in [2.75, 3.05) is 0 Å². The van der Waals surface area contributed by atoms with Crippen LogP contribution in [0.25, 0.3) is 5.69 Å². The summed E-state index contributed by atoms with van der Waals surface area (Å²) in [5, 5.41) is 13.8. The first-order valence-corrected chi connectivity index (χ1v) is 6.33. The molecule has 100 valence electrons. The lowest BCUT2D eigenvalue weighted by molar-refractivity contribution is 0.280. The third-order valence-corrected chi connectivity index (χ3v) is 3.60. The number of hydrogen-bond donors (Lipinski definition) is 1. The first kappa shape index (κ1) is 12.6. The Morgan fingerprint density at radius 1 is 1.37 bits per heavy atom. The van der Waals surface area contributed by atoms with E-state index in [0.29, 0.717) is 11.3 Å². The third kappa shape index (κ3) is 2.13. The molecule has 0 unspecified atom stereocenters. The van der Waals surface area contributed by atoms with Crippen molar-refractivity contribution in [2.24, 2.45) is 0 Å². The van der Waals surface area contributed by atoms with Crippen molar-refractivity contribution >= 4 is 11.6 Å². The van der Waals surface area contributed by atoms with Crippen LogP contribution in [0.3, 0.4) is 0 Å². The molecule has 0 saturated heterocycles. The number of rotatable bonds is 3. The van der Waals surface area contributed by atoms with E-state index < -0.39 is 11.6 Å². The minimum Gasteiger partial charge on any atom is -0.391 e. The van der Waals surface area contributed by atoms with Gasteiger partial charge in [-0.15, -0.1) is 0 Å². The van der Waals surface area contributed by atoms with E-state index >= 15 is 0 Å². The Morgan fingerprint density at radius 2 is 2.11 bits per heavy atom. The zero-order valence-electron chi connectivity index (χ0n) is 9.91. The number of aliphatic hydroxyl groups excluding tert-OH is 1. The topological polar surface area (TPSA) is 38.1 Å². The quantitative estimate of drug-likeness (QED) is 0.940. The summed E-state index contributed by atoms with van der Waals surface area (Å²) in [6.45, 7) is -0.243. The zero-order valence-corrected chi connectivity index (χ0v) is 10.7. The second-order valence-electron chi connectivity index (χ2n) is 4.59. The molecule has 1 aromatic carbocycles. The number of hydrogen-bond acceptors (Lipinski definition) is 2. The second-order valence-corrected chi connectivity index (χ2v) is 4.95. The summed E-state index contributed by atoms with van der Waals surface area (Å²) in [5.41, 5.74) is 1.30. The first-order chi connectivity index (χ1) is 9.11. The van der Waals surface area contributed by atoms with Gasteiger partial charge < -0.3 is 5.11 Å². The van der Waals surface area contributed by atoms with Gasteiger partial charge in [0.05, 0.1) is 12.3 Å². The summed E-state index contributed by atoms with van der Waals surface area (Å²) in [6, 6.07) is 3.20. The molecule has 0 bridgehead atoms. The van der Waals surface area contributed by atoms with Gasteiger partial charge in [-0.2, -0.15) is 5.10 Å². The highest BCUT2D eigenvalue weighted by atomic mass is 35.5. The van der Waals surface area contributed by atoms with Crippen LogP contribution in [0.15, 0.2) is 18.2 Å². The normalized spacial score (nSPS) is 14.9. The second kappa shape index (κ2) is 4.58. The molecule has 1 aromatic heterocycles. The predicted octanol–water partition coefficient (Wildman–Crippen LogP) is 3.17. The molecule has 3 rings (SSSR count). The van der Waals surface area contributed by atoms with Crippen molar-refractivity contribution in [1.29, 1.82) is 0 Å². The van der Waals surface area contributed by atoms with Gasteiger partial charge in [-0.3, -0.25) is 0 Å². The highest BCUT2D eigenvalue weighted by Gasteiger charge is 2.31. The van der Waals surface area contributed by atoms with Crippen molar-refractivity contribution in [3.63, 3.8) is 0 Å². The predicted molar refractivity (Wildman–Crippen MR) is 66.4 cm³/mol. The van der Waals surface area contributed by atoms with Crippen LogP contribution in [-0.2, 0) is 6.61 Å². The smallest absolute Gasteiger partial charge is 0.151 e. The van der Waals surface area contributed by atoms with Crippen molar-refractivity contribution in [1.82, 2.24) is 9.78 Å². The summed E-state index contributed by atoms with van der Waals surface area (Å²) >= 11 is 6.13. The fourth-order valence-corrected chi connectivity index (χ4v) is 2.37. The molecule has 0 atom stereocenters. The Bertz CT molecular complexity index is 638. The third-order valence-electron chi connectivity index (χ3n) is 3.21. The Hall–Kier alpha value is -1.46. The van der Waals surface area contributed by atoms with Gasteiger partial charge in [-0.25, -0.2) is 13.5 Å². The van der Waals surface area contributed by atoms with E-state index in [-0.39, 0.29) is 23.4 Å². The van der Waals surface area contributed by atoms with Gasteiger partial charge in [-0.1, -0.05) is 11.6 Å². The highest BCUT2D eigenvalue weighted by molar-refractivity contribution is 6.30. The highest BCUT2D eigenvalue weighted by Crippen LogP contribution is 2.43. The van der Waals surface area contributed by atoms with E-state index in [0.717, 1.165) is 25.0 Å². The monoisotopic (exact) mass is 284 g/mol. The average Bonchev–Trinajstić information content (AvgIpc) is 3.15. The van der Waals surface area contributed by atoms with E-state index in [2.05, 4.69) is 5.10 Å². The average molecular weight is 285 g/mol. The van der Waals surface area contributed by atoms with Gasteiger partial charge in [0, 0.05) is 17.5 Å². The molecule has 1 aliphatic rings. The summed E-state index contributed by atoms with van der Waals surface area (Å²) in [6.07, 6.45) is 1.98. The molecule has 1 saturated carbocycles. The van der Waals surface area contributed by atoms with Crippen molar-refractivity contribution < 1.29 is 13.9 Å². The molecule has 2 aromatic rings. The maximum absolute atomic E-state index is 13.8. The van der Waals surface area contributed by atoms with Crippen LogP contribution in [0.1, 0.15) is 30.0 Å². The van der Waals surface area contributed by atoms with E-state index in [1.165, 1.54) is 10.7 Å². The molecular formula is C13H11ClF2N2O. The minimum absolute atomic E-state index is 0.0769. The summed E-state index contributed by atoms with van der Waals surface area (Å²) in [5.74, 6) is -1.12. The van der Waals surface area contributed by atoms with E-state index in [4.69, 9.17) is 11.6 Å². The molecular weight excluding hydrogens is 274 g/mol. The van der Waals surface area contributed by atoms with E-state index in [1.54, 1.807) is 0 Å². The molecule has 1 aliphatic carbocycles. The lowest BCUT2D eigenvalue weighted by Gasteiger charge is -2.04. The van der Waals surface area contributed by atoms with Crippen LogP contribution < -0.4 is 0 Å². The van der Waals surface area contributed by atoms with Gasteiger partial charge in [0.15, 0.2) is 5.82 Å². The fourth-order valence-electron chi connectivity index (χ4n) is 2.09. The Kier molecular flexibility index (Phi) is 3.03. The molecule has 0 amide bonds. The van der Waals surface area contributed by atoms with Crippen LogP contribution in [0.2, 0.25) is 5.15 Å². The lowest BCUT2D eigenvalue weighted by atomic mass is 10.2. The standard InChI is InChI=1S/C13H11ClF2N2O/c14-13-9(6-19)12(7-1-2-7)17-18(13)11-4-3-8(15)5-10(11)16/h3-5,7,19H,1-2,6H2. The molecule has 19 heavy (non-hydrogen) atoms. The zero-order chi connectivity index (χ0) is 13.6. The minimum atomic E-state index is -0.740. The fraction of sp³-hybridized carbons (Fsp3) is 0.308. The molecule has 6 heteroatoms. The van der Waals surface area contributed by atoms with Gasteiger partial charge in [0.1, 0.15) is 16.7 Å². The maximum Gasteiger partial charge on any atom is 0.151 e. The van der Waals surface area contributed by atoms with Gasteiger partial charge >= 0.3 is 0 Å². The Balaban J connectivity index is 2.14. The van der Waals surface area contributed by atoms with Gasteiger partial charge in [0.2, 0.25) is 0 Å². The number of nitrogens with zero attached hydrogens (tertiary/aromatic N) is 2. The van der Waals surface area contributed by atoms with Crippen LogP contribution >= 0.6 is 11.6 Å². The van der Waals surface area contributed by atoms with E-state index in [1.807, 2.05) is 0 Å². The molecule has 1 fully saturated rings.